The van der Waals surface area contributed by atoms with Crippen LogP contribution in [0.3, 0.4) is 0 Å². The highest BCUT2D eigenvalue weighted by Gasteiger charge is 2.40. The fraction of sp³-hybridized carbons (Fsp3) is 0.524. The van der Waals surface area contributed by atoms with Crippen molar-refractivity contribution in [3.8, 4) is 5.75 Å². The predicted molar refractivity (Wildman–Crippen MR) is 102 cm³/mol. The third-order valence-electron chi connectivity index (χ3n) is 5.16. The summed E-state index contributed by atoms with van der Waals surface area (Å²) in [6, 6.07) is 5.31. The molecule has 2 amide bonds. The first-order valence-electron chi connectivity index (χ1n) is 9.80. The van der Waals surface area contributed by atoms with Crippen LogP contribution in [0.2, 0.25) is 0 Å². The normalized spacial score (nSPS) is 20.0. The minimum Gasteiger partial charge on any atom is -0.490 e. The van der Waals surface area contributed by atoms with Gasteiger partial charge < -0.3 is 14.5 Å². The number of furan rings is 1. The number of nitrogens with one attached hydrogen (secondary N) is 1. The molecule has 4 rings (SSSR count). The Morgan fingerprint density at radius 3 is 2.74 bits per heavy atom. The second-order valence-corrected chi connectivity index (χ2v) is 7.76. The van der Waals surface area contributed by atoms with Gasteiger partial charge in [-0.2, -0.15) is 0 Å². The number of hydrogen-bond donors (Lipinski definition) is 1. The summed E-state index contributed by atoms with van der Waals surface area (Å²) in [5, 5.41) is 4.10. The van der Waals surface area contributed by atoms with Gasteiger partial charge in [0, 0.05) is 18.2 Å². The summed E-state index contributed by atoms with van der Waals surface area (Å²) >= 11 is 0. The highest BCUT2D eigenvalue weighted by molar-refractivity contribution is 6.08. The number of benzene rings is 1. The predicted octanol–water partition coefficient (Wildman–Crippen LogP) is 3.35. The van der Waals surface area contributed by atoms with Crippen molar-refractivity contribution in [3.05, 3.63) is 30.0 Å². The number of amides is 2. The molecule has 0 radical (unpaired) electrons. The second kappa shape index (κ2) is 7.35. The van der Waals surface area contributed by atoms with E-state index in [9.17, 15) is 9.59 Å². The van der Waals surface area contributed by atoms with Crippen molar-refractivity contribution < 1.29 is 18.7 Å². The summed E-state index contributed by atoms with van der Waals surface area (Å²) in [4.78, 5) is 27.9. The number of ether oxygens (including phenoxy) is 1. The Hall–Kier alpha value is -2.34. The topological polar surface area (TPSA) is 71.8 Å². The van der Waals surface area contributed by atoms with E-state index in [0.717, 1.165) is 37.6 Å². The van der Waals surface area contributed by atoms with Gasteiger partial charge >= 0.3 is 0 Å². The smallest absolute Gasteiger partial charge is 0.261 e. The SMILES string of the molecule is CC(C)Oc1cc(C(=O)N(C(=O)C2CCCNC2)C2CC2)cc2occc12. The highest BCUT2D eigenvalue weighted by atomic mass is 16.5. The van der Waals surface area contributed by atoms with Crippen molar-refractivity contribution in [1.82, 2.24) is 10.2 Å². The van der Waals surface area contributed by atoms with Crippen LogP contribution in [0.4, 0.5) is 0 Å². The van der Waals surface area contributed by atoms with Crippen LogP contribution in [0.25, 0.3) is 11.0 Å². The lowest BCUT2D eigenvalue weighted by Crippen LogP contribution is -2.46. The van der Waals surface area contributed by atoms with E-state index < -0.39 is 0 Å². The van der Waals surface area contributed by atoms with Crippen molar-refractivity contribution in [2.45, 2.75) is 51.7 Å². The lowest BCUT2D eigenvalue weighted by Gasteiger charge is -2.28. The summed E-state index contributed by atoms with van der Waals surface area (Å²) in [5.74, 6) is 0.185. The Morgan fingerprint density at radius 2 is 2.07 bits per heavy atom. The quantitative estimate of drug-likeness (QED) is 0.817. The number of carbonyl (C=O) groups is 2. The van der Waals surface area contributed by atoms with Crippen molar-refractivity contribution in [2.24, 2.45) is 5.92 Å². The van der Waals surface area contributed by atoms with E-state index in [1.807, 2.05) is 19.9 Å². The molecule has 1 N–H and O–H groups in total. The van der Waals surface area contributed by atoms with Crippen molar-refractivity contribution in [3.63, 3.8) is 0 Å². The van der Waals surface area contributed by atoms with E-state index >= 15 is 0 Å². The number of piperidine rings is 1. The third-order valence-corrected chi connectivity index (χ3v) is 5.16. The molecule has 1 saturated carbocycles. The first kappa shape index (κ1) is 18.0. The van der Waals surface area contributed by atoms with E-state index in [1.54, 1.807) is 18.4 Å². The zero-order valence-corrected chi connectivity index (χ0v) is 15.9. The van der Waals surface area contributed by atoms with Crippen molar-refractivity contribution >= 4 is 22.8 Å². The molecular formula is C21H26N2O4. The van der Waals surface area contributed by atoms with E-state index in [0.29, 0.717) is 23.4 Å². The molecule has 6 nitrogen and oxygen atoms in total. The summed E-state index contributed by atoms with van der Waals surface area (Å²) in [6.45, 7) is 5.47. The lowest BCUT2D eigenvalue weighted by molar-refractivity contribution is -0.133. The average Bonchev–Trinajstić information content (AvgIpc) is 3.37. The Balaban J connectivity index is 1.66. The summed E-state index contributed by atoms with van der Waals surface area (Å²) < 4.78 is 11.4. The molecule has 2 aliphatic rings. The fourth-order valence-corrected chi connectivity index (χ4v) is 3.69. The highest BCUT2D eigenvalue weighted by Crippen LogP contribution is 2.34. The van der Waals surface area contributed by atoms with E-state index in [-0.39, 0.29) is 29.9 Å². The maximum absolute atomic E-state index is 13.3. The average molecular weight is 370 g/mol. The molecule has 1 aromatic heterocycles. The Labute approximate surface area is 158 Å². The third kappa shape index (κ3) is 3.72. The fourth-order valence-electron chi connectivity index (χ4n) is 3.69. The molecule has 144 valence electrons. The van der Waals surface area contributed by atoms with Gasteiger partial charge in [-0.25, -0.2) is 0 Å². The number of hydrogen-bond acceptors (Lipinski definition) is 5. The van der Waals surface area contributed by atoms with Crippen LogP contribution in [0.15, 0.2) is 28.9 Å². The van der Waals surface area contributed by atoms with Gasteiger partial charge in [-0.15, -0.1) is 0 Å². The van der Waals surface area contributed by atoms with Gasteiger partial charge in [0.2, 0.25) is 5.91 Å². The molecule has 2 heterocycles. The van der Waals surface area contributed by atoms with Gasteiger partial charge in [0.1, 0.15) is 11.3 Å². The van der Waals surface area contributed by atoms with Gasteiger partial charge in [0.15, 0.2) is 0 Å². The summed E-state index contributed by atoms with van der Waals surface area (Å²) in [6.07, 6.45) is 5.13. The monoisotopic (exact) mass is 370 g/mol. The van der Waals surface area contributed by atoms with Gasteiger partial charge in [0.25, 0.3) is 5.91 Å². The maximum atomic E-state index is 13.3. The molecule has 1 aliphatic carbocycles. The molecule has 1 aromatic carbocycles. The van der Waals surface area contributed by atoms with E-state index in [2.05, 4.69) is 5.32 Å². The molecule has 0 spiro atoms. The summed E-state index contributed by atoms with van der Waals surface area (Å²) in [5.41, 5.74) is 1.04. The second-order valence-electron chi connectivity index (χ2n) is 7.76. The molecule has 2 aromatic rings. The first-order valence-corrected chi connectivity index (χ1v) is 9.80. The molecule has 1 saturated heterocycles. The molecule has 2 fully saturated rings. The minimum atomic E-state index is -0.250. The van der Waals surface area contributed by atoms with Gasteiger partial charge in [-0.3, -0.25) is 14.5 Å². The molecular weight excluding hydrogens is 344 g/mol. The van der Waals surface area contributed by atoms with Crippen LogP contribution < -0.4 is 10.1 Å². The number of carbonyl (C=O) groups excluding carboxylic acids is 2. The van der Waals surface area contributed by atoms with Crippen LogP contribution >= 0.6 is 0 Å². The lowest BCUT2D eigenvalue weighted by atomic mass is 9.97. The standard InChI is InChI=1S/C21H26N2O4/c1-13(2)27-19-11-15(10-18-17(19)7-9-26-18)21(25)23(16-5-6-16)20(24)14-4-3-8-22-12-14/h7,9-11,13-14,16,22H,3-6,8,12H2,1-2H3. The van der Waals surface area contributed by atoms with Gasteiger partial charge in [-0.1, -0.05) is 0 Å². The molecule has 27 heavy (non-hydrogen) atoms. The largest absolute Gasteiger partial charge is 0.490 e. The Kier molecular flexibility index (Phi) is 4.91. The van der Waals surface area contributed by atoms with E-state index in [4.69, 9.17) is 9.15 Å². The molecule has 0 bridgehead atoms. The van der Waals surface area contributed by atoms with E-state index in [1.165, 1.54) is 4.90 Å². The van der Waals surface area contributed by atoms with Crippen LogP contribution in [0.1, 0.15) is 49.9 Å². The molecule has 1 aliphatic heterocycles. The van der Waals surface area contributed by atoms with Crippen LogP contribution in [-0.4, -0.2) is 41.9 Å². The Morgan fingerprint density at radius 1 is 1.26 bits per heavy atom. The minimum absolute atomic E-state index is 0.0219. The van der Waals surface area contributed by atoms with Crippen molar-refractivity contribution in [2.75, 3.05) is 13.1 Å². The van der Waals surface area contributed by atoms with Crippen LogP contribution in [0.5, 0.6) is 5.75 Å². The first-order chi connectivity index (χ1) is 13.0. The number of nitrogens with zero attached hydrogens (tertiary/aromatic N) is 1. The van der Waals surface area contributed by atoms with Crippen molar-refractivity contribution in [1.29, 1.82) is 0 Å². The zero-order valence-electron chi connectivity index (χ0n) is 15.9. The number of imide groups is 1. The molecule has 1 atom stereocenters. The van der Waals surface area contributed by atoms with Gasteiger partial charge in [0.05, 0.1) is 23.7 Å². The number of fused-ring (bicyclic) bond motifs is 1. The Bertz CT molecular complexity index is 847. The molecule has 1 unspecified atom stereocenters. The maximum Gasteiger partial charge on any atom is 0.261 e. The molecule has 6 heteroatoms. The van der Waals surface area contributed by atoms with Crippen LogP contribution in [-0.2, 0) is 4.79 Å². The number of rotatable bonds is 5. The van der Waals surface area contributed by atoms with Gasteiger partial charge in [-0.05, 0) is 64.3 Å². The summed E-state index contributed by atoms with van der Waals surface area (Å²) in [7, 11) is 0. The van der Waals surface area contributed by atoms with Crippen LogP contribution in [0, 0.1) is 5.92 Å². The zero-order chi connectivity index (χ0) is 19.0.